The second-order valence-corrected chi connectivity index (χ2v) is 6.14. The smallest absolute Gasteiger partial charge is 0.359 e. The Bertz CT molecular complexity index is 843. The number of esters is 1. The molecule has 0 spiro atoms. The van der Waals surface area contributed by atoms with Gasteiger partial charge in [0.15, 0.2) is 5.69 Å². The van der Waals surface area contributed by atoms with Crippen LogP contribution < -0.4 is 0 Å². The van der Waals surface area contributed by atoms with E-state index in [1.807, 2.05) is 7.05 Å². The van der Waals surface area contributed by atoms with Gasteiger partial charge >= 0.3 is 5.97 Å². The van der Waals surface area contributed by atoms with Crippen molar-refractivity contribution in [1.29, 1.82) is 0 Å². The number of aromatic nitrogens is 2. The molecule has 25 heavy (non-hydrogen) atoms. The molecule has 0 saturated carbocycles. The fourth-order valence-electron chi connectivity index (χ4n) is 3.08. The molecular weight excluding hydrogens is 324 g/mol. The summed E-state index contributed by atoms with van der Waals surface area (Å²) < 4.78 is 6.64. The minimum atomic E-state index is -0.498. The molecule has 0 atom stereocenters. The lowest BCUT2D eigenvalue weighted by Crippen LogP contribution is -2.28. The summed E-state index contributed by atoms with van der Waals surface area (Å²) in [6, 6.07) is 4.99. The highest BCUT2D eigenvalue weighted by atomic mass is 16.6. The third-order valence-corrected chi connectivity index (χ3v) is 4.27. The average molecular weight is 344 g/mol. The quantitative estimate of drug-likeness (QED) is 0.480. The number of nitrogens with zero attached hydrogens (tertiary/aromatic N) is 4. The number of fused-ring (bicyclic) bond motifs is 1. The number of carbonyl (C=O) groups is 1. The molecule has 0 saturated heterocycles. The van der Waals surface area contributed by atoms with Crippen molar-refractivity contribution in [3.05, 3.63) is 50.8 Å². The number of aryl methyl sites for hydroxylation is 1. The molecule has 8 heteroatoms. The first-order valence-electron chi connectivity index (χ1n) is 8.14. The van der Waals surface area contributed by atoms with Crippen LogP contribution in [0.2, 0.25) is 0 Å². The second-order valence-electron chi connectivity index (χ2n) is 6.14. The zero-order valence-corrected chi connectivity index (χ0v) is 14.5. The first kappa shape index (κ1) is 17.1. The molecule has 2 heterocycles. The van der Waals surface area contributed by atoms with Crippen molar-refractivity contribution in [3.63, 3.8) is 0 Å². The van der Waals surface area contributed by atoms with Crippen LogP contribution in [-0.4, -0.2) is 45.8 Å². The van der Waals surface area contributed by atoms with Crippen molar-refractivity contribution in [3.8, 4) is 5.69 Å². The lowest BCUT2D eigenvalue weighted by atomic mass is 10.1. The molecule has 132 valence electrons. The number of nitro benzene ring substituents is 1. The standard InChI is InChI=1S/C17H20N4O4/c1-4-25-17(22)16-12-10-19(3)8-7-13(12)20(18-16)14-6-5-11(2)9-15(14)21(23)24/h5-6,9H,4,7-8,10H2,1-3H3. The van der Waals surface area contributed by atoms with E-state index in [0.29, 0.717) is 18.7 Å². The number of rotatable bonds is 4. The van der Waals surface area contributed by atoms with Crippen molar-refractivity contribution in [2.24, 2.45) is 0 Å². The molecule has 1 aliphatic rings. The van der Waals surface area contributed by atoms with Crippen molar-refractivity contribution in [2.75, 3.05) is 20.2 Å². The minimum absolute atomic E-state index is 0.0281. The van der Waals surface area contributed by atoms with E-state index in [4.69, 9.17) is 4.74 Å². The van der Waals surface area contributed by atoms with E-state index >= 15 is 0 Å². The number of ether oxygens (including phenoxy) is 1. The lowest BCUT2D eigenvalue weighted by molar-refractivity contribution is -0.384. The van der Waals surface area contributed by atoms with Crippen molar-refractivity contribution >= 4 is 11.7 Å². The molecule has 0 amide bonds. The van der Waals surface area contributed by atoms with Crippen LogP contribution in [0, 0.1) is 17.0 Å². The summed E-state index contributed by atoms with van der Waals surface area (Å²) in [5, 5.41) is 15.9. The molecular formula is C17H20N4O4. The van der Waals surface area contributed by atoms with Crippen LogP contribution in [0.1, 0.15) is 34.2 Å². The van der Waals surface area contributed by atoms with Crippen molar-refractivity contribution in [2.45, 2.75) is 26.8 Å². The fourth-order valence-corrected chi connectivity index (χ4v) is 3.08. The molecule has 0 bridgehead atoms. The number of benzene rings is 1. The van der Waals surface area contributed by atoms with Crippen LogP contribution >= 0.6 is 0 Å². The van der Waals surface area contributed by atoms with E-state index in [2.05, 4.69) is 10.00 Å². The average Bonchev–Trinajstić information content (AvgIpc) is 2.93. The van der Waals surface area contributed by atoms with Gasteiger partial charge in [-0.05, 0) is 32.5 Å². The Morgan fingerprint density at radius 1 is 1.44 bits per heavy atom. The third kappa shape index (κ3) is 3.12. The summed E-state index contributed by atoms with van der Waals surface area (Å²) in [5.41, 5.74) is 2.97. The molecule has 1 aliphatic heterocycles. The van der Waals surface area contributed by atoms with E-state index in [-0.39, 0.29) is 18.0 Å². The third-order valence-electron chi connectivity index (χ3n) is 4.27. The van der Waals surface area contributed by atoms with Crippen molar-refractivity contribution < 1.29 is 14.5 Å². The van der Waals surface area contributed by atoms with Gasteiger partial charge in [0, 0.05) is 31.1 Å². The normalized spacial score (nSPS) is 14.2. The number of nitro groups is 1. The zero-order chi connectivity index (χ0) is 18.1. The molecule has 0 fully saturated rings. The Hall–Kier alpha value is -2.74. The van der Waals surface area contributed by atoms with Crippen LogP contribution in [0.15, 0.2) is 18.2 Å². The Balaban J connectivity index is 2.20. The van der Waals surface area contributed by atoms with Crippen LogP contribution in [0.5, 0.6) is 0 Å². The molecule has 3 rings (SSSR count). The Morgan fingerprint density at radius 2 is 2.20 bits per heavy atom. The SMILES string of the molecule is CCOC(=O)c1nn(-c2ccc(C)cc2[N+](=O)[O-])c2c1CN(C)CC2. The monoisotopic (exact) mass is 344 g/mol. The van der Waals surface area contributed by atoms with Gasteiger partial charge in [-0.3, -0.25) is 10.1 Å². The predicted molar refractivity (Wildman–Crippen MR) is 90.9 cm³/mol. The molecule has 0 unspecified atom stereocenters. The van der Waals surface area contributed by atoms with E-state index in [1.54, 1.807) is 26.0 Å². The summed E-state index contributed by atoms with van der Waals surface area (Å²) in [4.78, 5) is 25.4. The van der Waals surface area contributed by atoms with E-state index in [9.17, 15) is 14.9 Å². The zero-order valence-electron chi connectivity index (χ0n) is 14.5. The molecule has 1 aromatic heterocycles. The van der Waals surface area contributed by atoms with E-state index < -0.39 is 10.9 Å². The predicted octanol–water partition coefficient (Wildman–Crippen LogP) is 2.25. The van der Waals surface area contributed by atoms with Crippen LogP contribution in [0.3, 0.4) is 0 Å². The number of carbonyl (C=O) groups excluding carboxylic acids is 1. The maximum absolute atomic E-state index is 12.3. The van der Waals surface area contributed by atoms with Gasteiger partial charge in [-0.2, -0.15) is 5.10 Å². The lowest BCUT2D eigenvalue weighted by Gasteiger charge is -2.23. The molecule has 8 nitrogen and oxygen atoms in total. The van der Waals surface area contributed by atoms with Crippen LogP contribution in [-0.2, 0) is 17.7 Å². The van der Waals surface area contributed by atoms with Gasteiger partial charge in [-0.15, -0.1) is 0 Å². The summed E-state index contributed by atoms with van der Waals surface area (Å²) >= 11 is 0. The number of hydrogen-bond acceptors (Lipinski definition) is 6. The summed E-state index contributed by atoms with van der Waals surface area (Å²) in [6.45, 7) is 5.14. The fraction of sp³-hybridized carbons (Fsp3) is 0.412. The molecule has 0 N–H and O–H groups in total. The summed E-state index contributed by atoms with van der Waals surface area (Å²) in [6.07, 6.45) is 0.656. The summed E-state index contributed by atoms with van der Waals surface area (Å²) in [5.74, 6) is -0.498. The number of hydrogen-bond donors (Lipinski definition) is 0. The van der Waals surface area contributed by atoms with Gasteiger partial charge < -0.3 is 9.64 Å². The van der Waals surface area contributed by atoms with Crippen molar-refractivity contribution in [1.82, 2.24) is 14.7 Å². The van der Waals surface area contributed by atoms with Gasteiger partial charge in [0.25, 0.3) is 5.69 Å². The highest BCUT2D eigenvalue weighted by molar-refractivity contribution is 5.89. The maximum atomic E-state index is 12.3. The first-order chi connectivity index (χ1) is 11.9. The van der Waals surface area contributed by atoms with E-state index in [0.717, 1.165) is 23.4 Å². The van der Waals surface area contributed by atoms with Gasteiger partial charge in [0.1, 0.15) is 5.69 Å². The Labute approximate surface area is 145 Å². The minimum Gasteiger partial charge on any atom is -0.461 e. The molecule has 0 aliphatic carbocycles. The molecule has 2 aromatic rings. The van der Waals surface area contributed by atoms with Gasteiger partial charge in [-0.25, -0.2) is 9.48 Å². The highest BCUT2D eigenvalue weighted by Crippen LogP contribution is 2.30. The largest absolute Gasteiger partial charge is 0.461 e. The highest BCUT2D eigenvalue weighted by Gasteiger charge is 2.30. The Kier molecular flexibility index (Phi) is 4.54. The number of likely N-dealkylation sites (N-methyl/N-ethyl adjacent to an activating group) is 1. The first-order valence-corrected chi connectivity index (χ1v) is 8.14. The van der Waals surface area contributed by atoms with Gasteiger partial charge in [0.2, 0.25) is 0 Å². The topological polar surface area (TPSA) is 90.5 Å². The Morgan fingerprint density at radius 3 is 2.88 bits per heavy atom. The van der Waals surface area contributed by atoms with Crippen LogP contribution in [0.25, 0.3) is 5.69 Å². The van der Waals surface area contributed by atoms with E-state index in [1.165, 1.54) is 10.7 Å². The molecule has 1 aromatic carbocycles. The maximum Gasteiger partial charge on any atom is 0.359 e. The van der Waals surface area contributed by atoms with Crippen LogP contribution in [0.4, 0.5) is 5.69 Å². The molecule has 0 radical (unpaired) electrons. The summed E-state index contributed by atoms with van der Waals surface area (Å²) in [7, 11) is 1.96. The van der Waals surface area contributed by atoms with Gasteiger partial charge in [0.05, 0.1) is 17.2 Å². The van der Waals surface area contributed by atoms with Gasteiger partial charge in [-0.1, -0.05) is 6.07 Å². The second kappa shape index (κ2) is 6.64.